The van der Waals surface area contributed by atoms with Gasteiger partial charge in [0.1, 0.15) is 27.9 Å². The second-order valence-corrected chi connectivity index (χ2v) is 13.3. The molecular weight excluding hydrogens is 639 g/mol. The predicted octanol–water partition coefficient (Wildman–Crippen LogP) is 14.2. The maximum Gasteiger partial charge on any atom is 0.159 e. The first-order valence-corrected chi connectivity index (χ1v) is 17.5. The van der Waals surface area contributed by atoms with E-state index in [0.717, 1.165) is 99.6 Å². The number of nitrogens with zero attached hydrogens (tertiary/aromatic N) is 1. The third-order valence-electron chi connectivity index (χ3n) is 10.3. The van der Waals surface area contributed by atoms with Gasteiger partial charge >= 0.3 is 0 Å². The summed E-state index contributed by atoms with van der Waals surface area (Å²) in [5.41, 5.74) is 12.8. The van der Waals surface area contributed by atoms with E-state index in [1.807, 2.05) is 36.4 Å². The molecule has 52 heavy (non-hydrogen) atoms. The van der Waals surface area contributed by atoms with Gasteiger partial charge in [0.05, 0.1) is 5.69 Å². The summed E-state index contributed by atoms with van der Waals surface area (Å²) >= 11 is 0. The average Bonchev–Trinajstić information content (AvgIpc) is 3.90. The summed E-state index contributed by atoms with van der Waals surface area (Å²) in [4.78, 5) is 2.30. The van der Waals surface area contributed by atoms with Gasteiger partial charge in [0.25, 0.3) is 0 Å². The molecule has 0 saturated carbocycles. The van der Waals surface area contributed by atoms with Crippen molar-refractivity contribution >= 4 is 82.9 Å². The van der Waals surface area contributed by atoms with Crippen LogP contribution in [0.1, 0.15) is 0 Å². The van der Waals surface area contributed by atoms with E-state index in [2.05, 4.69) is 144 Å². The van der Waals surface area contributed by atoms with Crippen LogP contribution in [-0.2, 0) is 0 Å². The summed E-state index contributed by atoms with van der Waals surface area (Å²) in [5, 5.41) is 6.56. The third-order valence-corrected chi connectivity index (χ3v) is 10.3. The normalized spacial score (nSPS) is 11.8. The average molecular weight is 668 g/mol. The number of rotatable bonds is 5. The minimum atomic E-state index is 0.852. The zero-order valence-corrected chi connectivity index (χ0v) is 27.9. The van der Waals surface area contributed by atoms with Gasteiger partial charge in [-0.15, -0.1) is 0 Å². The highest BCUT2D eigenvalue weighted by atomic mass is 16.3. The van der Waals surface area contributed by atoms with Crippen LogP contribution in [0.3, 0.4) is 0 Å². The van der Waals surface area contributed by atoms with Crippen LogP contribution in [0.4, 0.5) is 17.1 Å². The summed E-state index contributed by atoms with van der Waals surface area (Å²) in [6.07, 6.45) is 0. The molecule has 0 spiro atoms. The Hall–Kier alpha value is -7.04. The Balaban J connectivity index is 1.04. The van der Waals surface area contributed by atoms with E-state index in [4.69, 9.17) is 13.3 Å². The largest absolute Gasteiger partial charge is 0.456 e. The minimum absolute atomic E-state index is 0.852. The molecule has 11 aromatic rings. The lowest BCUT2D eigenvalue weighted by Gasteiger charge is -2.26. The van der Waals surface area contributed by atoms with Crippen molar-refractivity contribution in [1.82, 2.24) is 0 Å². The quantitative estimate of drug-likeness (QED) is 0.183. The van der Waals surface area contributed by atoms with Crippen LogP contribution in [0, 0.1) is 0 Å². The van der Waals surface area contributed by atoms with Gasteiger partial charge in [-0.1, -0.05) is 109 Å². The molecule has 4 heteroatoms. The van der Waals surface area contributed by atoms with E-state index in [-0.39, 0.29) is 0 Å². The van der Waals surface area contributed by atoms with Gasteiger partial charge in [0.15, 0.2) is 5.58 Å². The highest BCUT2D eigenvalue weighted by molar-refractivity contribution is 6.25. The van der Waals surface area contributed by atoms with Crippen molar-refractivity contribution in [3.63, 3.8) is 0 Å². The van der Waals surface area contributed by atoms with Gasteiger partial charge in [-0.25, -0.2) is 0 Å². The fourth-order valence-electron chi connectivity index (χ4n) is 7.86. The van der Waals surface area contributed by atoms with Gasteiger partial charge < -0.3 is 18.2 Å². The summed E-state index contributed by atoms with van der Waals surface area (Å²) in [6, 6.07) is 61.3. The minimum Gasteiger partial charge on any atom is -0.456 e. The fraction of sp³-hybridized carbons (Fsp3) is 0. The lowest BCUT2D eigenvalue weighted by molar-refractivity contribution is 0.663. The predicted molar refractivity (Wildman–Crippen MR) is 214 cm³/mol. The molecule has 11 rings (SSSR count). The molecule has 3 aromatic heterocycles. The molecule has 0 N–H and O–H groups in total. The van der Waals surface area contributed by atoms with Gasteiger partial charge in [-0.05, 0) is 89.0 Å². The van der Waals surface area contributed by atoms with Crippen molar-refractivity contribution in [3.05, 3.63) is 176 Å². The molecule has 0 radical (unpaired) electrons. The van der Waals surface area contributed by atoms with Crippen LogP contribution < -0.4 is 4.90 Å². The van der Waals surface area contributed by atoms with Crippen molar-refractivity contribution in [2.24, 2.45) is 0 Å². The van der Waals surface area contributed by atoms with Crippen molar-refractivity contribution in [2.45, 2.75) is 0 Å². The fourth-order valence-corrected chi connectivity index (χ4v) is 7.86. The first-order chi connectivity index (χ1) is 25.8. The topological polar surface area (TPSA) is 42.7 Å². The maximum absolute atomic E-state index is 6.57. The van der Waals surface area contributed by atoms with Gasteiger partial charge in [0, 0.05) is 43.7 Å². The van der Waals surface area contributed by atoms with Crippen LogP contribution in [-0.4, -0.2) is 0 Å². The molecule has 8 aromatic carbocycles. The summed E-state index contributed by atoms with van der Waals surface area (Å²) < 4.78 is 19.2. The third kappa shape index (κ3) is 4.41. The van der Waals surface area contributed by atoms with E-state index in [9.17, 15) is 0 Å². The van der Waals surface area contributed by atoms with E-state index >= 15 is 0 Å². The number of furan rings is 3. The molecule has 0 aliphatic heterocycles. The molecule has 0 aliphatic carbocycles. The number of fused-ring (bicyclic) bond motifs is 10. The van der Waals surface area contributed by atoms with Crippen LogP contribution in [0.15, 0.2) is 189 Å². The summed E-state index contributed by atoms with van der Waals surface area (Å²) in [6.45, 7) is 0. The van der Waals surface area contributed by atoms with E-state index in [0.29, 0.717) is 0 Å². The van der Waals surface area contributed by atoms with Crippen LogP contribution in [0.25, 0.3) is 88.1 Å². The zero-order valence-electron chi connectivity index (χ0n) is 27.9. The van der Waals surface area contributed by atoms with Crippen molar-refractivity contribution < 1.29 is 13.3 Å². The Bertz CT molecular complexity index is 3130. The lowest BCUT2D eigenvalue weighted by Crippen LogP contribution is -2.10. The Morgan fingerprint density at radius 1 is 0.308 bits per heavy atom. The first-order valence-electron chi connectivity index (χ1n) is 17.5. The number of benzene rings is 8. The maximum atomic E-state index is 6.57. The first kappa shape index (κ1) is 28.8. The highest BCUT2D eigenvalue weighted by Crippen LogP contribution is 2.44. The standard InChI is InChI=1S/C48H29NO3/c1-2-10-30(11-3-1)32-12-8-13-35(28-32)49(40-17-9-16-37-36-14-4-6-18-41(36)52-48(37)40)34-23-20-31(21-24-34)33-22-25-39-45(29-33)51-44-27-26-43-46(47(39)44)38-15-5-7-19-42(38)50-43/h1-29H. The molecule has 0 aliphatic rings. The number of para-hydroxylation sites is 3. The molecule has 4 nitrogen and oxygen atoms in total. The number of hydrogen-bond acceptors (Lipinski definition) is 4. The summed E-state index contributed by atoms with van der Waals surface area (Å²) in [5.74, 6) is 0. The molecule has 0 bridgehead atoms. The van der Waals surface area contributed by atoms with Gasteiger partial charge in [-0.2, -0.15) is 0 Å². The zero-order chi connectivity index (χ0) is 34.2. The Morgan fingerprint density at radius 3 is 1.69 bits per heavy atom. The van der Waals surface area contributed by atoms with Gasteiger partial charge in [0.2, 0.25) is 0 Å². The van der Waals surface area contributed by atoms with Crippen molar-refractivity contribution in [3.8, 4) is 22.3 Å². The Morgan fingerprint density at radius 2 is 0.885 bits per heavy atom. The van der Waals surface area contributed by atoms with Crippen LogP contribution in [0.2, 0.25) is 0 Å². The Labute approximate surface area is 298 Å². The molecule has 0 atom stereocenters. The molecule has 0 unspecified atom stereocenters. The Kier molecular flexibility index (Phi) is 6.22. The molecule has 3 heterocycles. The highest BCUT2D eigenvalue weighted by Gasteiger charge is 2.21. The van der Waals surface area contributed by atoms with E-state index in [1.165, 1.54) is 5.56 Å². The van der Waals surface area contributed by atoms with Crippen molar-refractivity contribution in [2.75, 3.05) is 4.90 Å². The summed E-state index contributed by atoms with van der Waals surface area (Å²) in [7, 11) is 0. The molecule has 0 amide bonds. The van der Waals surface area contributed by atoms with E-state index in [1.54, 1.807) is 0 Å². The second kappa shape index (κ2) is 11.2. The van der Waals surface area contributed by atoms with Gasteiger partial charge in [-0.3, -0.25) is 0 Å². The monoisotopic (exact) mass is 667 g/mol. The number of anilines is 3. The van der Waals surface area contributed by atoms with E-state index < -0.39 is 0 Å². The van der Waals surface area contributed by atoms with Crippen molar-refractivity contribution in [1.29, 1.82) is 0 Å². The molecule has 244 valence electrons. The smallest absolute Gasteiger partial charge is 0.159 e. The van der Waals surface area contributed by atoms with Crippen LogP contribution >= 0.6 is 0 Å². The SMILES string of the molecule is c1ccc(-c2cccc(N(c3ccc(-c4ccc5c(c4)oc4ccc6oc7ccccc7c6c45)cc3)c3cccc4c3oc3ccccc34)c2)cc1. The van der Waals surface area contributed by atoms with Crippen LogP contribution in [0.5, 0.6) is 0 Å². The molecular formula is C48H29NO3. The number of hydrogen-bond donors (Lipinski definition) is 0. The molecule has 0 saturated heterocycles. The lowest BCUT2D eigenvalue weighted by atomic mass is 10.0. The molecule has 0 fully saturated rings. The second-order valence-electron chi connectivity index (χ2n) is 13.3.